The molecule has 3 N–H and O–H groups in total. The third-order valence-corrected chi connectivity index (χ3v) is 2.34. The Bertz CT molecular complexity index is 376. The van der Waals surface area contributed by atoms with Crippen LogP contribution in [0.25, 0.3) is 0 Å². The fourth-order valence-electron chi connectivity index (χ4n) is 1.76. The highest BCUT2D eigenvalue weighted by atomic mass is 16.4. The maximum atomic E-state index is 10.5. The summed E-state index contributed by atoms with van der Waals surface area (Å²) >= 11 is 0. The Morgan fingerprint density at radius 1 is 1.57 bits per heavy atom. The van der Waals surface area contributed by atoms with Gasteiger partial charge in [0.2, 0.25) is 0 Å². The van der Waals surface area contributed by atoms with Gasteiger partial charge in [-0.1, -0.05) is 0 Å². The highest BCUT2D eigenvalue weighted by Crippen LogP contribution is 2.29. The van der Waals surface area contributed by atoms with E-state index in [4.69, 9.17) is 5.11 Å². The molecule has 1 aromatic rings. The molecule has 0 saturated carbocycles. The molecule has 0 amide bonds. The van der Waals surface area contributed by atoms with E-state index in [-0.39, 0.29) is 18.2 Å². The first-order chi connectivity index (χ1) is 6.65. The van der Waals surface area contributed by atoms with Crippen LogP contribution in [0, 0.1) is 0 Å². The maximum Gasteiger partial charge on any atom is 0.305 e. The van der Waals surface area contributed by atoms with E-state index in [1.54, 1.807) is 18.2 Å². The number of fused-ring (bicyclic) bond motifs is 1. The Morgan fingerprint density at radius 3 is 3.07 bits per heavy atom. The molecule has 0 radical (unpaired) electrons. The normalized spacial score (nSPS) is 18.7. The van der Waals surface area contributed by atoms with Gasteiger partial charge in [0.25, 0.3) is 0 Å². The predicted octanol–water partition coefficient (Wildman–Crippen LogP) is 1.20. The van der Waals surface area contributed by atoms with Crippen LogP contribution in [0.5, 0.6) is 5.75 Å². The molecular formula is C10H11NO3. The van der Waals surface area contributed by atoms with Crippen LogP contribution in [0.4, 0.5) is 5.69 Å². The van der Waals surface area contributed by atoms with Crippen LogP contribution in [0.15, 0.2) is 18.2 Å². The lowest BCUT2D eigenvalue weighted by Gasteiger charge is -2.06. The minimum absolute atomic E-state index is 0.0516. The number of carbonyl (C=O) groups is 1. The van der Waals surface area contributed by atoms with Gasteiger partial charge in [-0.3, -0.25) is 4.79 Å². The largest absolute Gasteiger partial charge is 0.508 e. The number of benzene rings is 1. The van der Waals surface area contributed by atoms with E-state index in [0.29, 0.717) is 6.42 Å². The Balaban J connectivity index is 2.14. The van der Waals surface area contributed by atoms with Gasteiger partial charge < -0.3 is 15.5 Å². The summed E-state index contributed by atoms with van der Waals surface area (Å²) in [6, 6.07) is 4.98. The number of anilines is 1. The first kappa shape index (κ1) is 8.87. The van der Waals surface area contributed by atoms with Gasteiger partial charge in [-0.05, 0) is 30.2 Å². The van der Waals surface area contributed by atoms with Gasteiger partial charge in [0.05, 0.1) is 6.42 Å². The average molecular weight is 193 g/mol. The molecule has 1 unspecified atom stereocenters. The van der Waals surface area contributed by atoms with E-state index in [9.17, 15) is 9.90 Å². The predicted molar refractivity (Wildman–Crippen MR) is 51.5 cm³/mol. The van der Waals surface area contributed by atoms with Crippen molar-refractivity contribution in [2.24, 2.45) is 0 Å². The van der Waals surface area contributed by atoms with Gasteiger partial charge in [-0.15, -0.1) is 0 Å². The van der Waals surface area contributed by atoms with Crippen molar-refractivity contribution >= 4 is 11.7 Å². The smallest absolute Gasteiger partial charge is 0.305 e. The second-order valence-corrected chi connectivity index (χ2v) is 3.48. The van der Waals surface area contributed by atoms with Gasteiger partial charge in [0.15, 0.2) is 0 Å². The lowest BCUT2D eigenvalue weighted by atomic mass is 10.1. The maximum absolute atomic E-state index is 10.5. The van der Waals surface area contributed by atoms with Crippen molar-refractivity contribution in [2.45, 2.75) is 18.9 Å². The number of aliphatic carboxylic acids is 1. The lowest BCUT2D eigenvalue weighted by Crippen LogP contribution is -2.19. The van der Waals surface area contributed by atoms with Crippen LogP contribution in [0.3, 0.4) is 0 Å². The van der Waals surface area contributed by atoms with Crippen molar-refractivity contribution in [1.29, 1.82) is 0 Å². The van der Waals surface area contributed by atoms with Crippen LogP contribution >= 0.6 is 0 Å². The second kappa shape index (κ2) is 3.21. The third-order valence-electron chi connectivity index (χ3n) is 2.34. The number of phenols is 1. The monoisotopic (exact) mass is 193 g/mol. The molecule has 4 heteroatoms. The molecule has 1 aromatic carbocycles. The van der Waals surface area contributed by atoms with Gasteiger partial charge in [0.1, 0.15) is 5.75 Å². The summed E-state index contributed by atoms with van der Waals surface area (Å²) in [6.45, 7) is 0. The molecule has 1 aliphatic heterocycles. The van der Waals surface area contributed by atoms with Crippen molar-refractivity contribution in [3.8, 4) is 5.75 Å². The minimum atomic E-state index is -0.806. The van der Waals surface area contributed by atoms with Gasteiger partial charge >= 0.3 is 5.97 Å². The Morgan fingerprint density at radius 2 is 2.36 bits per heavy atom. The summed E-state index contributed by atoms with van der Waals surface area (Å²) < 4.78 is 0. The molecular weight excluding hydrogens is 182 g/mol. The van der Waals surface area contributed by atoms with E-state index in [2.05, 4.69) is 5.32 Å². The fraction of sp³-hybridized carbons (Fsp3) is 0.300. The molecule has 74 valence electrons. The van der Waals surface area contributed by atoms with Crippen LogP contribution in [-0.4, -0.2) is 22.2 Å². The molecule has 0 aliphatic carbocycles. The lowest BCUT2D eigenvalue weighted by molar-refractivity contribution is -0.137. The van der Waals surface area contributed by atoms with Crippen molar-refractivity contribution in [2.75, 3.05) is 5.32 Å². The summed E-state index contributed by atoms with van der Waals surface area (Å²) in [7, 11) is 0. The molecule has 1 heterocycles. The zero-order valence-electron chi connectivity index (χ0n) is 7.53. The van der Waals surface area contributed by atoms with E-state index in [1.807, 2.05) is 0 Å². The highest BCUT2D eigenvalue weighted by Gasteiger charge is 2.22. The van der Waals surface area contributed by atoms with Crippen molar-refractivity contribution in [3.63, 3.8) is 0 Å². The highest BCUT2D eigenvalue weighted by molar-refractivity contribution is 5.70. The molecule has 1 atom stereocenters. The van der Waals surface area contributed by atoms with Crippen LogP contribution in [-0.2, 0) is 11.2 Å². The first-order valence-electron chi connectivity index (χ1n) is 4.45. The molecule has 4 nitrogen and oxygen atoms in total. The summed E-state index contributed by atoms with van der Waals surface area (Å²) in [6.07, 6.45) is 0.769. The average Bonchev–Trinajstić information content (AvgIpc) is 2.44. The van der Waals surface area contributed by atoms with Crippen LogP contribution in [0.2, 0.25) is 0 Å². The fourth-order valence-corrected chi connectivity index (χ4v) is 1.76. The minimum Gasteiger partial charge on any atom is -0.508 e. The number of aromatic hydroxyl groups is 1. The Labute approximate surface area is 81.2 Å². The first-order valence-corrected chi connectivity index (χ1v) is 4.45. The molecule has 0 aromatic heterocycles. The molecule has 0 fully saturated rings. The number of carboxylic acids is 1. The van der Waals surface area contributed by atoms with E-state index < -0.39 is 5.97 Å². The van der Waals surface area contributed by atoms with Gasteiger partial charge in [0, 0.05) is 11.7 Å². The number of hydrogen-bond donors (Lipinski definition) is 3. The second-order valence-electron chi connectivity index (χ2n) is 3.48. The topological polar surface area (TPSA) is 69.6 Å². The number of hydrogen-bond acceptors (Lipinski definition) is 3. The molecule has 2 rings (SSSR count). The van der Waals surface area contributed by atoms with Crippen LogP contribution < -0.4 is 5.32 Å². The molecule has 1 aliphatic rings. The van der Waals surface area contributed by atoms with Gasteiger partial charge in [-0.25, -0.2) is 0 Å². The number of carboxylic acid groups (broad SMARTS) is 1. The zero-order chi connectivity index (χ0) is 10.1. The molecule has 0 spiro atoms. The molecule has 0 bridgehead atoms. The van der Waals surface area contributed by atoms with Gasteiger partial charge in [-0.2, -0.15) is 0 Å². The van der Waals surface area contributed by atoms with E-state index in [1.165, 1.54) is 0 Å². The summed E-state index contributed by atoms with van der Waals surface area (Å²) in [5.74, 6) is -0.582. The summed E-state index contributed by atoms with van der Waals surface area (Å²) in [4.78, 5) is 10.5. The van der Waals surface area contributed by atoms with E-state index >= 15 is 0 Å². The summed E-state index contributed by atoms with van der Waals surface area (Å²) in [5.41, 5.74) is 1.91. The van der Waals surface area contributed by atoms with Crippen molar-refractivity contribution in [1.82, 2.24) is 0 Å². The van der Waals surface area contributed by atoms with Crippen LogP contribution in [0.1, 0.15) is 12.0 Å². The van der Waals surface area contributed by atoms with Crippen molar-refractivity contribution < 1.29 is 15.0 Å². The third kappa shape index (κ3) is 1.64. The number of nitrogens with one attached hydrogen (secondary N) is 1. The molecule has 0 saturated heterocycles. The number of rotatable bonds is 2. The standard InChI is InChI=1S/C10H11NO3/c12-8-1-2-9-6(4-8)3-7(11-9)5-10(13)14/h1-2,4,7,11-12H,3,5H2,(H,13,14). The molecule has 14 heavy (non-hydrogen) atoms. The Kier molecular flexibility index (Phi) is 2.04. The Hall–Kier alpha value is -1.71. The SMILES string of the molecule is O=C(O)CC1Cc2cc(O)ccc2N1. The van der Waals surface area contributed by atoms with E-state index in [0.717, 1.165) is 11.3 Å². The number of phenolic OH excluding ortho intramolecular Hbond substituents is 1. The summed E-state index contributed by atoms with van der Waals surface area (Å²) in [5, 5.41) is 20.9. The van der Waals surface area contributed by atoms with Crippen molar-refractivity contribution in [3.05, 3.63) is 23.8 Å². The zero-order valence-corrected chi connectivity index (χ0v) is 7.53. The quantitative estimate of drug-likeness (QED) is 0.617.